The number of nitriles is 1. The molecule has 18 heavy (non-hydrogen) atoms. The molecule has 2 heterocycles. The first-order valence-corrected chi connectivity index (χ1v) is 6.02. The lowest BCUT2D eigenvalue weighted by Gasteiger charge is -2.32. The molecule has 1 aromatic heterocycles. The van der Waals surface area contributed by atoms with Crippen LogP contribution in [0.15, 0.2) is 6.07 Å². The smallest absolute Gasteiger partial charge is 0.182 e. The molecular weight excluding hydrogens is 230 g/mol. The molecule has 6 heteroatoms. The van der Waals surface area contributed by atoms with Gasteiger partial charge in [0.1, 0.15) is 17.5 Å². The van der Waals surface area contributed by atoms with Crippen molar-refractivity contribution in [2.45, 2.75) is 25.8 Å². The summed E-state index contributed by atoms with van der Waals surface area (Å²) in [7, 11) is 2.02. The van der Waals surface area contributed by atoms with Crippen LogP contribution in [0, 0.1) is 18.4 Å². The lowest BCUT2D eigenvalue weighted by atomic mass is 10.1. The zero-order valence-electron chi connectivity index (χ0n) is 10.7. The quantitative estimate of drug-likeness (QED) is 0.641. The largest absolute Gasteiger partial charge is 0.381 e. The van der Waals surface area contributed by atoms with E-state index in [1.165, 1.54) is 0 Å². The van der Waals surface area contributed by atoms with Crippen molar-refractivity contribution in [3.63, 3.8) is 0 Å². The Kier molecular flexibility index (Phi) is 3.95. The topological polar surface area (TPSA) is 74.1 Å². The Hall–Kier alpha value is -1.87. The Labute approximate surface area is 107 Å². The van der Waals surface area contributed by atoms with Gasteiger partial charge in [-0.1, -0.05) is 0 Å². The molecule has 0 bridgehead atoms. The minimum absolute atomic E-state index is 0.433. The summed E-state index contributed by atoms with van der Waals surface area (Å²) in [4.78, 5) is 10.7. The number of aromatic nitrogens is 2. The lowest BCUT2D eigenvalue weighted by molar-refractivity contribution is 0.0853. The van der Waals surface area contributed by atoms with Gasteiger partial charge in [-0.15, -0.1) is 0 Å². The number of aryl methyl sites for hydroxylation is 1. The first-order valence-electron chi connectivity index (χ1n) is 6.02. The standard InChI is InChI=1S/C12H17N5O/c1-9-15-11(14-8-13)7-12(16-9)17(2)10-3-5-18-6-4-10/h7,10H,3-6H2,1-2H3,(H,14,15,16). The fourth-order valence-corrected chi connectivity index (χ4v) is 2.11. The Bertz CT molecular complexity index is 450. The highest BCUT2D eigenvalue weighted by Gasteiger charge is 2.20. The normalized spacial score (nSPS) is 16.1. The molecule has 1 N–H and O–H groups in total. The van der Waals surface area contributed by atoms with Crippen molar-refractivity contribution >= 4 is 11.6 Å². The maximum atomic E-state index is 8.64. The van der Waals surface area contributed by atoms with Gasteiger partial charge in [0.2, 0.25) is 0 Å². The minimum Gasteiger partial charge on any atom is -0.381 e. The van der Waals surface area contributed by atoms with Crippen LogP contribution in [0.2, 0.25) is 0 Å². The van der Waals surface area contributed by atoms with Crippen LogP contribution in [0.1, 0.15) is 18.7 Å². The average molecular weight is 247 g/mol. The van der Waals surface area contributed by atoms with E-state index in [9.17, 15) is 0 Å². The number of nitrogens with one attached hydrogen (secondary N) is 1. The number of rotatable bonds is 3. The van der Waals surface area contributed by atoms with Crippen molar-refractivity contribution in [2.24, 2.45) is 0 Å². The third-order valence-corrected chi connectivity index (χ3v) is 3.11. The molecule has 0 unspecified atom stereocenters. The molecular formula is C12H17N5O. The van der Waals surface area contributed by atoms with Crippen LogP contribution in [-0.2, 0) is 4.74 Å². The number of anilines is 2. The third kappa shape index (κ3) is 2.87. The fraction of sp³-hybridized carbons (Fsp3) is 0.583. The predicted molar refractivity (Wildman–Crippen MR) is 68.2 cm³/mol. The van der Waals surface area contributed by atoms with Gasteiger partial charge in [-0.05, 0) is 19.8 Å². The number of hydrogen-bond donors (Lipinski definition) is 1. The molecule has 1 aliphatic rings. The second kappa shape index (κ2) is 5.65. The van der Waals surface area contributed by atoms with Gasteiger partial charge in [0.05, 0.1) is 0 Å². The van der Waals surface area contributed by atoms with Gasteiger partial charge in [-0.2, -0.15) is 5.26 Å². The third-order valence-electron chi connectivity index (χ3n) is 3.11. The van der Waals surface area contributed by atoms with Crippen LogP contribution < -0.4 is 10.2 Å². The summed E-state index contributed by atoms with van der Waals surface area (Å²) in [5, 5.41) is 11.2. The molecule has 1 aromatic rings. The first kappa shape index (κ1) is 12.6. The maximum Gasteiger partial charge on any atom is 0.182 e. The average Bonchev–Trinajstić information content (AvgIpc) is 2.38. The van der Waals surface area contributed by atoms with E-state index in [1.54, 1.807) is 6.07 Å². The molecule has 1 aliphatic heterocycles. The van der Waals surface area contributed by atoms with Crippen molar-refractivity contribution in [1.29, 1.82) is 5.26 Å². The van der Waals surface area contributed by atoms with E-state index < -0.39 is 0 Å². The summed E-state index contributed by atoms with van der Waals surface area (Å²) in [6.07, 6.45) is 3.88. The molecule has 96 valence electrons. The van der Waals surface area contributed by atoms with Crippen molar-refractivity contribution in [2.75, 3.05) is 30.5 Å². The molecule has 0 saturated carbocycles. The van der Waals surface area contributed by atoms with Gasteiger partial charge in [0, 0.05) is 32.4 Å². The zero-order valence-corrected chi connectivity index (χ0v) is 10.7. The summed E-state index contributed by atoms with van der Waals surface area (Å²) >= 11 is 0. The Morgan fingerprint density at radius 3 is 2.83 bits per heavy atom. The molecule has 0 spiro atoms. The molecule has 0 atom stereocenters. The number of nitrogens with zero attached hydrogens (tertiary/aromatic N) is 4. The van der Waals surface area contributed by atoms with Crippen LogP contribution in [0.3, 0.4) is 0 Å². The first-order chi connectivity index (χ1) is 8.70. The summed E-state index contributed by atoms with van der Waals surface area (Å²) in [6.45, 7) is 3.41. The molecule has 0 aliphatic carbocycles. The van der Waals surface area contributed by atoms with Crippen LogP contribution in [0.4, 0.5) is 11.6 Å². The molecule has 0 amide bonds. The summed E-state index contributed by atoms with van der Waals surface area (Å²) in [6, 6.07) is 2.23. The van der Waals surface area contributed by atoms with Crippen LogP contribution in [-0.4, -0.2) is 36.3 Å². The SMILES string of the molecule is Cc1nc(NC#N)cc(N(C)C2CCOCC2)n1. The van der Waals surface area contributed by atoms with E-state index in [0.29, 0.717) is 17.7 Å². The highest BCUT2D eigenvalue weighted by molar-refractivity contribution is 5.51. The van der Waals surface area contributed by atoms with E-state index in [4.69, 9.17) is 10.00 Å². The Morgan fingerprint density at radius 1 is 1.44 bits per heavy atom. The Balaban J connectivity index is 2.18. The van der Waals surface area contributed by atoms with E-state index in [-0.39, 0.29) is 0 Å². The zero-order chi connectivity index (χ0) is 13.0. The molecule has 1 fully saturated rings. The van der Waals surface area contributed by atoms with Crippen LogP contribution in [0.25, 0.3) is 0 Å². The van der Waals surface area contributed by atoms with Gasteiger partial charge in [-0.3, -0.25) is 5.32 Å². The molecule has 0 radical (unpaired) electrons. The number of hydrogen-bond acceptors (Lipinski definition) is 6. The van der Waals surface area contributed by atoms with Gasteiger partial charge in [-0.25, -0.2) is 9.97 Å². The van der Waals surface area contributed by atoms with Crippen molar-refractivity contribution in [3.05, 3.63) is 11.9 Å². The van der Waals surface area contributed by atoms with Gasteiger partial charge in [0.25, 0.3) is 0 Å². The van der Waals surface area contributed by atoms with E-state index >= 15 is 0 Å². The van der Waals surface area contributed by atoms with E-state index in [0.717, 1.165) is 31.9 Å². The highest BCUT2D eigenvalue weighted by atomic mass is 16.5. The van der Waals surface area contributed by atoms with Crippen molar-refractivity contribution in [3.8, 4) is 6.19 Å². The summed E-state index contributed by atoms with van der Waals surface area (Å²) < 4.78 is 5.36. The van der Waals surface area contributed by atoms with Crippen molar-refractivity contribution in [1.82, 2.24) is 9.97 Å². The molecule has 1 saturated heterocycles. The summed E-state index contributed by atoms with van der Waals surface area (Å²) in [5.74, 6) is 2.04. The van der Waals surface area contributed by atoms with E-state index in [2.05, 4.69) is 20.2 Å². The van der Waals surface area contributed by atoms with Crippen LogP contribution >= 0.6 is 0 Å². The molecule has 6 nitrogen and oxygen atoms in total. The highest BCUT2D eigenvalue weighted by Crippen LogP contribution is 2.21. The van der Waals surface area contributed by atoms with Crippen molar-refractivity contribution < 1.29 is 4.74 Å². The number of ether oxygens (including phenoxy) is 1. The molecule has 0 aromatic carbocycles. The Morgan fingerprint density at radius 2 is 2.17 bits per heavy atom. The van der Waals surface area contributed by atoms with Crippen LogP contribution in [0.5, 0.6) is 0 Å². The summed E-state index contributed by atoms with van der Waals surface area (Å²) in [5.41, 5.74) is 0. The lowest BCUT2D eigenvalue weighted by Crippen LogP contribution is -2.37. The second-order valence-corrected chi connectivity index (χ2v) is 4.35. The van der Waals surface area contributed by atoms with Gasteiger partial charge < -0.3 is 9.64 Å². The fourth-order valence-electron chi connectivity index (χ4n) is 2.11. The van der Waals surface area contributed by atoms with E-state index in [1.807, 2.05) is 20.2 Å². The van der Waals surface area contributed by atoms with Gasteiger partial charge >= 0.3 is 0 Å². The monoisotopic (exact) mass is 247 g/mol. The minimum atomic E-state index is 0.433. The predicted octanol–water partition coefficient (Wildman–Crippen LogP) is 1.29. The molecule has 2 rings (SSSR count). The maximum absolute atomic E-state index is 8.64. The second-order valence-electron chi connectivity index (χ2n) is 4.35. The van der Waals surface area contributed by atoms with Gasteiger partial charge in [0.15, 0.2) is 6.19 Å².